The summed E-state index contributed by atoms with van der Waals surface area (Å²) < 4.78 is 0. The van der Waals surface area contributed by atoms with E-state index in [4.69, 9.17) is 5.26 Å². The highest BCUT2D eigenvalue weighted by Crippen LogP contribution is 2.21. The third-order valence-electron chi connectivity index (χ3n) is 3.70. The van der Waals surface area contributed by atoms with Crippen molar-refractivity contribution in [1.82, 2.24) is 9.80 Å². The molecule has 17 heavy (non-hydrogen) atoms. The molecule has 0 aromatic heterocycles. The third kappa shape index (κ3) is 5.52. The minimum atomic E-state index is -0.158. The van der Waals surface area contributed by atoms with Crippen molar-refractivity contribution in [3.8, 4) is 6.07 Å². The Labute approximate surface area is 106 Å². The average Bonchev–Trinajstić information content (AvgIpc) is 2.63. The second-order valence-electron chi connectivity index (χ2n) is 6.28. The van der Waals surface area contributed by atoms with Crippen LogP contribution in [0.2, 0.25) is 0 Å². The van der Waals surface area contributed by atoms with E-state index in [1.54, 1.807) is 0 Å². The first-order valence-corrected chi connectivity index (χ1v) is 6.71. The van der Waals surface area contributed by atoms with Crippen LogP contribution in [0.1, 0.15) is 33.1 Å². The van der Waals surface area contributed by atoms with Crippen molar-refractivity contribution in [3.05, 3.63) is 0 Å². The van der Waals surface area contributed by atoms with E-state index in [0.29, 0.717) is 0 Å². The van der Waals surface area contributed by atoms with Crippen LogP contribution >= 0.6 is 0 Å². The molecule has 0 aromatic carbocycles. The van der Waals surface area contributed by atoms with Crippen LogP contribution in [0.3, 0.4) is 0 Å². The minimum Gasteiger partial charge on any atom is -0.306 e. The SMILES string of the molecule is CN(CCCC(C)(C)C#N)CC1CCN(C)C1. The van der Waals surface area contributed by atoms with Crippen molar-refractivity contribution in [2.75, 3.05) is 40.3 Å². The lowest BCUT2D eigenvalue weighted by Gasteiger charge is -2.22. The fraction of sp³-hybridized carbons (Fsp3) is 0.929. The number of hydrogen-bond donors (Lipinski definition) is 0. The molecule has 1 atom stereocenters. The van der Waals surface area contributed by atoms with Crippen LogP contribution in [0.5, 0.6) is 0 Å². The molecular weight excluding hydrogens is 210 g/mol. The zero-order chi connectivity index (χ0) is 12.9. The lowest BCUT2D eigenvalue weighted by atomic mass is 9.90. The number of hydrogen-bond acceptors (Lipinski definition) is 3. The number of rotatable bonds is 6. The Bertz CT molecular complexity index is 267. The van der Waals surface area contributed by atoms with Crippen LogP contribution in [0.4, 0.5) is 0 Å². The van der Waals surface area contributed by atoms with E-state index in [0.717, 1.165) is 25.3 Å². The van der Waals surface area contributed by atoms with E-state index in [-0.39, 0.29) is 5.41 Å². The van der Waals surface area contributed by atoms with Crippen LogP contribution in [0.25, 0.3) is 0 Å². The Hall–Kier alpha value is -0.590. The molecule has 0 amide bonds. The smallest absolute Gasteiger partial charge is 0.0683 e. The third-order valence-corrected chi connectivity index (χ3v) is 3.70. The van der Waals surface area contributed by atoms with Crippen LogP contribution in [0, 0.1) is 22.7 Å². The molecule has 1 fully saturated rings. The van der Waals surface area contributed by atoms with Crippen molar-refractivity contribution in [2.45, 2.75) is 33.1 Å². The summed E-state index contributed by atoms with van der Waals surface area (Å²) in [7, 11) is 4.41. The summed E-state index contributed by atoms with van der Waals surface area (Å²) in [4.78, 5) is 4.84. The highest BCUT2D eigenvalue weighted by Gasteiger charge is 2.21. The van der Waals surface area contributed by atoms with E-state index in [1.165, 1.54) is 26.1 Å². The van der Waals surface area contributed by atoms with Gasteiger partial charge in [-0.3, -0.25) is 0 Å². The van der Waals surface area contributed by atoms with Gasteiger partial charge in [0.05, 0.1) is 11.5 Å². The summed E-state index contributed by atoms with van der Waals surface area (Å²) in [6, 6.07) is 2.37. The van der Waals surface area contributed by atoms with Crippen molar-refractivity contribution < 1.29 is 0 Å². The monoisotopic (exact) mass is 237 g/mol. The van der Waals surface area contributed by atoms with Gasteiger partial charge in [0.25, 0.3) is 0 Å². The van der Waals surface area contributed by atoms with Gasteiger partial charge in [-0.1, -0.05) is 0 Å². The molecule has 3 nitrogen and oxygen atoms in total. The fourth-order valence-corrected chi connectivity index (χ4v) is 2.55. The Balaban J connectivity index is 2.13. The summed E-state index contributed by atoms with van der Waals surface area (Å²) in [6.07, 6.45) is 3.46. The molecule has 0 radical (unpaired) electrons. The minimum absolute atomic E-state index is 0.158. The average molecular weight is 237 g/mol. The maximum atomic E-state index is 8.95. The lowest BCUT2D eigenvalue weighted by Crippen LogP contribution is -2.28. The van der Waals surface area contributed by atoms with Gasteiger partial charge in [0.2, 0.25) is 0 Å². The molecule has 0 saturated carbocycles. The maximum absolute atomic E-state index is 8.95. The van der Waals surface area contributed by atoms with Crippen molar-refractivity contribution in [2.24, 2.45) is 11.3 Å². The molecule has 0 aromatic rings. The summed E-state index contributed by atoms with van der Waals surface area (Å²) in [5.41, 5.74) is -0.158. The van der Waals surface area contributed by atoms with Crippen LogP contribution in [0.15, 0.2) is 0 Å². The van der Waals surface area contributed by atoms with Crippen LogP contribution < -0.4 is 0 Å². The Morgan fingerprint density at radius 3 is 2.71 bits per heavy atom. The molecular formula is C14H27N3. The maximum Gasteiger partial charge on any atom is 0.0683 e. The first kappa shape index (κ1) is 14.5. The van der Waals surface area contributed by atoms with E-state index >= 15 is 0 Å². The second kappa shape index (κ2) is 6.37. The van der Waals surface area contributed by atoms with Gasteiger partial charge in [-0.25, -0.2) is 0 Å². The molecule has 1 rings (SSSR count). The lowest BCUT2D eigenvalue weighted by molar-refractivity contribution is 0.259. The van der Waals surface area contributed by atoms with Crippen LogP contribution in [-0.4, -0.2) is 50.1 Å². The topological polar surface area (TPSA) is 30.3 Å². The predicted molar refractivity (Wildman–Crippen MR) is 71.7 cm³/mol. The highest BCUT2D eigenvalue weighted by molar-refractivity contribution is 4.91. The number of likely N-dealkylation sites (tertiary alicyclic amines) is 1. The number of nitrogens with zero attached hydrogens (tertiary/aromatic N) is 3. The van der Waals surface area contributed by atoms with Gasteiger partial charge in [-0.2, -0.15) is 5.26 Å². The van der Waals surface area contributed by atoms with Crippen molar-refractivity contribution in [3.63, 3.8) is 0 Å². The second-order valence-corrected chi connectivity index (χ2v) is 6.28. The highest BCUT2D eigenvalue weighted by atomic mass is 15.1. The summed E-state index contributed by atoms with van der Waals surface area (Å²) >= 11 is 0. The summed E-state index contributed by atoms with van der Waals surface area (Å²) in [5, 5.41) is 8.95. The Morgan fingerprint density at radius 2 is 2.18 bits per heavy atom. The molecule has 1 aliphatic heterocycles. The van der Waals surface area contributed by atoms with Crippen molar-refractivity contribution >= 4 is 0 Å². The number of nitriles is 1. The fourth-order valence-electron chi connectivity index (χ4n) is 2.55. The molecule has 1 aliphatic rings. The predicted octanol–water partition coefficient (Wildman–Crippen LogP) is 2.20. The van der Waals surface area contributed by atoms with E-state index in [9.17, 15) is 0 Å². The molecule has 0 spiro atoms. The molecule has 1 heterocycles. The Morgan fingerprint density at radius 1 is 1.47 bits per heavy atom. The van der Waals surface area contributed by atoms with Gasteiger partial charge in [0.15, 0.2) is 0 Å². The van der Waals surface area contributed by atoms with Gasteiger partial charge in [-0.05, 0) is 66.2 Å². The first-order valence-electron chi connectivity index (χ1n) is 6.71. The molecule has 0 aliphatic carbocycles. The molecule has 1 saturated heterocycles. The summed E-state index contributed by atoms with van der Waals surface area (Å²) in [5.74, 6) is 0.842. The quantitative estimate of drug-likeness (QED) is 0.709. The largest absolute Gasteiger partial charge is 0.306 e. The molecule has 3 heteroatoms. The Kier molecular flexibility index (Phi) is 5.42. The normalized spacial score (nSPS) is 22.0. The van der Waals surface area contributed by atoms with Gasteiger partial charge in [-0.15, -0.1) is 0 Å². The van der Waals surface area contributed by atoms with E-state index in [1.807, 2.05) is 13.8 Å². The van der Waals surface area contributed by atoms with Gasteiger partial charge in [0, 0.05) is 13.1 Å². The van der Waals surface area contributed by atoms with E-state index in [2.05, 4.69) is 30.0 Å². The zero-order valence-electron chi connectivity index (χ0n) is 11.9. The van der Waals surface area contributed by atoms with Crippen molar-refractivity contribution in [1.29, 1.82) is 5.26 Å². The standard InChI is InChI=1S/C14H27N3/c1-14(2,12-15)7-5-8-16(3)10-13-6-9-17(4)11-13/h13H,5-11H2,1-4H3. The molecule has 0 bridgehead atoms. The van der Waals surface area contributed by atoms with Gasteiger partial charge >= 0.3 is 0 Å². The molecule has 98 valence electrons. The van der Waals surface area contributed by atoms with Gasteiger partial charge in [0.1, 0.15) is 0 Å². The van der Waals surface area contributed by atoms with Crippen LogP contribution in [-0.2, 0) is 0 Å². The first-order chi connectivity index (χ1) is 7.93. The van der Waals surface area contributed by atoms with Gasteiger partial charge < -0.3 is 9.80 Å². The zero-order valence-corrected chi connectivity index (χ0v) is 11.9. The summed E-state index contributed by atoms with van der Waals surface area (Å²) in [6.45, 7) is 8.87. The van der Waals surface area contributed by atoms with E-state index < -0.39 is 0 Å². The molecule has 0 N–H and O–H groups in total. The molecule has 1 unspecified atom stereocenters.